The highest BCUT2D eigenvalue weighted by atomic mass is 32.2. The lowest BCUT2D eigenvalue weighted by molar-refractivity contribution is -0.384. The number of halogens is 3. The van der Waals surface area contributed by atoms with E-state index in [0.717, 1.165) is 46.3 Å². The van der Waals surface area contributed by atoms with Crippen molar-refractivity contribution in [3.05, 3.63) is 106 Å². The minimum absolute atomic E-state index is 0.0153. The van der Waals surface area contributed by atoms with Gasteiger partial charge in [-0.05, 0) is 55.3 Å². The van der Waals surface area contributed by atoms with Crippen LogP contribution in [-0.2, 0) is 26.2 Å². The van der Waals surface area contributed by atoms with Crippen LogP contribution in [0.5, 0.6) is 0 Å². The second kappa shape index (κ2) is 12.1. The van der Waals surface area contributed by atoms with E-state index in [1.807, 2.05) is 6.92 Å². The maximum atomic E-state index is 13.3. The van der Waals surface area contributed by atoms with Gasteiger partial charge in [-0.2, -0.15) is 13.2 Å². The third kappa shape index (κ3) is 7.09. The lowest BCUT2D eigenvalue weighted by Crippen LogP contribution is -2.41. The van der Waals surface area contributed by atoms with Gasteiger partial charge in [0.05, 0.1) is 32.5 Å². The third-order valence-corrected chi connectivity index (χ3v) is 9.84. The highest BCUT2D eigenvalue weighted by Crippen LogP contribution is 2.32. The van der Waals surface area contributed by atoms with Crippen molar-refractivity contribution in [3.8, 4) is 0 Å². The zero-order valence-electron chi connectivity index (χ0n) is 22.3. The molecule has 0 spiro atoms. The van der Waals surface area contributed by atoms with Crippen LogP contribution in [0.4, 0.5) is 18.9 Å². The number of hydrogen-bond donors (Lipinski definition) is 1. The molecule has 15 heteroatoms. The molecule has 10 nitrogen and oxygen atoms in total. The van der Waals surface area contributed by atoms with Gasteiger partial charge in [-0.3, -0.25) is 14.4 Å². The van der Waals surface area contributed by atoms with Crippen LogP contribution >= 0.6 is 0 Å². The van der Waals surface area contributed by atoms with Gasteiger partial charge >= 0.3 is 6.18 Å². The van der Waals surface area contributed by atoms with E-state index >= 15 is 0 Å². The number of non-ortho nitro benzene ring substituents is 1. The summed E-state index contributed by atoms with van der Waals surface area (Å²) in [4.78, 5) is 12.0. The summed E-state index contributed by atoms with van der Waals surface area (Å²) in [6, 6.07) is 15.0. The number of alkyl halides is 3. The second-order valence-corrected chi connectivity index (χ2v) is 13.2. The van der Waals surface area contributed by atoms with Crippen LogP contribution in [0.15, 0.2) is 88.8 Å². The predicted octanol–water partition coefficient (Wildman–Crippen LogP) is 4.60. The Morgan fingerprint density at radius 3 is 2.05 bits per heavy atom. The summed E-state index contributed by atoms with van der Waals surface area (Å²) in [5, 5.41) is 11.0. The number of hydrogen-bond acceptors (Lipinski definition) is 7. The van der Waals surface area contributed by atoms with Gasteiger partial charge in [0.25, 0.3) is 15.7 Å². The average molecular weight is 625 g/mol. The van der Waals surface area contributed by atoms with Crippen molar-refractivity contribution >= 4 is 31.4 Å². The van der Waals surface area contributed by atoms with Gasteiger partial charge in [0.15, 0.2) is 0 Å². The molecule has 3 aromatic carbocycles. The van der Waals surface area contributed by atoms with Crippen LogP contribution < -0.4 is 4.72 Å². The molecule has 0 atom stereocenters. The molecule has 0 aliphatic carbocycles. The summed E-state index contributed by atoms with van der Waals surface area (Å²) in [6.45, 7) is 2.32. The number of benzene rings is 3. The van der Waals surface area contributed by atoms with Crippen LogP contribution in [0, 0.1) is 17.0 Å². The van der Waals surface area contributed by atoms with Crippen molar-refractivity contribution in [1.29, 1.82) is 0 Å². The molecule has 1 N–H and O–H groups in total. The van der Waals surface area contributed by atoms with Crippen LogP contribution in [-0.4, -0.2) is 57.1 Å². The minimum Gasteiger partial charge on any atom is -0.368 e. The van der Waals surface area contributed by atoms with Gasteiger partial charge < -0.3 is 4.90 Å². The highest BCUT2D eigenvalue weighted by Gasteiger charge is 2.32. The molecule has 1 aliphatic heterocycles. The first-order valence-electron chi connectivity index (χ1n) is 12.7. The Hall–Kier alpha value is -3.95. The molecule has 0 aromatic heterocycles. The maximum absolute atomic E-state index is 13.3. The molecular formula is C27H27F3N4O6S2. The quantitative estimate of drug-likeness (QED) is 0.198. The number of nitro groups is 1. The molecule has 0 amide bonds. The second-order valence-electron chi connectivity index (χ2n) is 9.51. The zero-order chi connectivity index (χ0) is 30.7. The smallest absolute Gasteiger partial charge is 0.368 e. The van der Waals surface area contributed by atoms with Gasteiger partial charge in [-0.1, -0.05) is 29.8 Å². The fourth-order valence-corrected chi connectivity index (χ4v) is 6.67. The zero-order valence-corrected chi connectivity index (χ0v) is 23.9. The van der Waals surface area contributed by atoms with Gasteiger partial charge in [-0.15, -0.1) is 0 Å². The molecule has 1 aliphatic rings. The van der Waals surface area contributed by atoms with Gasteiger partial charge in [0.2, 0.25) is 10.0 Å². The Morgan fingerprint density at radius 2 is 1.48 bits per heavy atom. The Labute approximate surface area is 241 Å². The Bertz CT molecular complexity index is 1680. The standard InChI is InChI=1S/C27H27F3N4O6S2/c1-20-3-11-24(12-4-20)41(37,38)31-15-2-16-32-17-18-33(42(39,40)25-13-9-23(10-14-25)34(35)36)19-26(32)21-5-7-22(8-6-21)27(28,29)30/h3-14,19,31H,2,15-18H2,1H3. The third-order valence-electron chi connectivity index (χ3n) is 6.59. The number of nitro benzene ring substituents is 1. The van der Waals surface area contributed by atoms with Crippen molar-refractivity contribution < 1.29 is 34.9 Å². The van der Waals surface area contributed by atoms with Crippen LogP contribution in [0.2, 0.25) is 0 Å². The topological polar surface area (TPSA) is 130 Å². The van der Waals surface area contributed by atoms with E-state index in [-0.39, 0.29) is 41.7 Å². The molecule has 0 saturated heterocycles. The normalized spacial score (nSPS) is 14.5. The molecule has 4 rings (SSSR count). The molecular weight excluding hydrogens is 597 g/mol. The van der Waals surface area contributed by atoms with Gasteiger partial charge in [0, 0.05) is 38.0 Å². The fraction of sp³-hybridized carbons (Fsp3) is 0.259. The van der Waals surface area contributed by atoms with Crippen molar-refractivity contribution in [2.24, 2.45) is 0 Å². The number of aryl methyl sites for hydroxylation is 1. The lowest BCUT2D eigenvalue weighted by Gasteiger charge is -2.36. The number of rotatable bonds is 10. The first-order valence-corrected chi connectivity index (χ1v) is 15.6. The highest BCUT2D eigenvalue weighted by molar-refractivity contribution is 7.89. The minimum atomic E-state index is -4.56. The number of nitrogens with one attached hydrogen (secondary N) is 1. The fourth-order valence-electron chi connectivity index (χ4n) is 4.28. The Balaban J connectivity index is 1.56. The van der Waals surface area contributed by atoms with E-state index in [0.29, 0.717) is 17.7 Å². The van der Waals surface area contributed by atoms with E-state index < -0.39 is 36.7 Å². The SMILES string of the molecule is Cc1ccc(S(=O)(=O)NCCCN2CCN(S(=O)(=O)c3ccc([N+](=O)[O-])cc3)C=C2c2ccc(C(F)(F)F)cc2)cc1. The monoisotopic (exact) mass is 624 g/mol. The van der Waals surface area contributed by atoms with Crippen molar-refractivity contribution in [1.82, 2.24) is 13.9 Å². The van der Waals surface area contributed by atoms with Crippen molar-refractivity contribution in [2.45, 2.75) is 29.3 Å². The Morgan fingerprint density at radius 1 is 0.881 bits per heavy atom. The van der Waals surface area contributed by atoms with E-state index in [1.165, 1.54) is 30.5 Å². The van der Waals surface area contributed by atoms with Crippen molar-refractivity contribution in [3.63, 3.8) is 0 Å². The number of sulfonamides is 2. The molecule has 0 fully saturated rings. The summed E-state index contributed by atoms with van der Waals surface area (Å²) in [5.74, 6) is 0. The first kappa shape index (κ1) is 31.0. The molecule has 42 heavy (non-hydrogen) atoms. The summed E-state index contributed by atoms with van der Waals surface area (Å²) >= 11 is 0. The van der Waals surface area contributed by atoms with E-state index in [2.05, 4.69) is 4.72 Å². The van der Waals surface area contributed by atoms with E-state index in [1.54, 1.807) is 17.0 Å². The predicted molar refractivity (Wildman–Crippen MR) is 149 cm³/mol. The molecule has 0 radical (unpaired) electrons. The van der Waals surface area contributed by atoms with Gasteiger partial charge in [-0.25, -0.2) is 21.6 Å². The number of nitrogens with zero attached hydrogens (tertiary/aromatic N) is 3. The van der Waals surface area contributed by atoms with Gasteiger partial charge in [0.1, 0.15) is 0 Å². The molecule has 3 aromatic rings. The molecule has 224 valence electrons. The van der Waals surface area contributed by atoms with Crippen LogP contribution in [0.3, 0.4) is 0 Å². The summed E-state index contributed by atoms with van der Waals surface area (Å²) < 4.78 is 94.9. The summed E-state index contributed by atoms with van der Waals surface area (Å²) in [5.41, 5.74) is 0.410. The molecule has 0 unspecified atom stereocenters. The average Bonchev–Trinajstić information content (AvgIpc) is 2.95. The Kier molecular flexibility index (Phi) is 8.94. The lowest BCUT2D eigenvalue weighted by atomic mass is 10.1. The molecule has 0 saturated carbocycles. The van der Waals surface area contributed by atoms with E-state index in [4.69, 9.17) is 0 Å². The maximum Gasteiger partial charge on any atom is 0.416 e. The first-order chi connectivity index (χ1) is 19.7. The molecule has 1 heterocycles. The van der Waals surface area contributed by atoms with Crippen molar-refractivity contribution in [2.75, 3.05) is 26.2 Å². The summed E-state index contributed by atoms with van der Waals surface area (Å²) in [6.07, 6.45) is -2.93. The van der Waals surface area contributed by atoms with Crippen LogP contribution in [0.1, 0.15) is 23.1 Å². The summed E-state index contributed by atoms with van der Waals surface area (Å²) in [7, 11) is -7.89. The largest absolute Gasteiger partial charge is 0.416 e. The van der Waals surface area contributed by atoms with Crippen LogP contribution in [0.25, 0.3) is 5.70 Å². The van der Waals surface area contributed by atoms with E-state index in [9.17, 15) is 40.1 Å². The molecule has 0 bridgehead atoms.